The lowest BCUT2D eigenvalue weighted by atomic mass is 10.2. The predicted octanol–water partition coefficient (Wildman–Crippen LogP) is 3.76. The van der Waals surface area contributed by atoms with Crippen LogP contribution in [0.4, 0.5) is 5.95 Å². The highest BCUT2D eigenvalue weighted by molar-refractivity contribution is 9.10. The largest absolute Gasteiger partial charge is 0.353 e. The molecule has 0 saturated carbocycles. The molecule has 2 rings (SSSR count). The van der Waals surface area contributed by atoms with Gasteiger partial charge in [-0.05, 0) is 44.5 Å². The fourth-order valence-electron chi connectivity index (χ4n) is 1.73. The minimum Gasteiger partial charge on any atom is -0.353 e. The second-order valence-electron chi connectivity index (χ2n) is 4.41. The lowest BCUT2D eigenvalue weighted by Crippen LogP contribution is -2.13. The van der Waals surface area contributed by atoms with Gasteiger partial charge in [-0.1, -0.05) is 15.9 Å². The number of nitrogens with one attached hydrogen (secondary N) is 1. The van der Waals surface area contributed by atoms with Gasteiger partial charge in [-0.25, -0.2) is 4.98 Å². The molecule has 0 fully saturated rings. The summed E-state index contributed by atoms with van der Waals surface area (Å²) in [5.74, 6) is 0.873. The molecular formula is C13H16BrN3. The van der Waals surface area contributed by atoms with Gasteiger partial charge >= 0.3 is 0 Å². The van der Waals surface area contributed by atoms with Gasteiger partial charge in [0.05, 0.1) is 0 Å². The first-order valence-electron chi connectivity index (χ1n) is 5.63. The van der Waals surface area contributed by atoms with Crippen LogP contribution in [0.5, 0.6) is 0 Å². The van der Waals surface area contributed by atoms with Crippen molar-refractivity contribution in [2.75, 3.05) is 5.32 Å². The topological polar surface area (TPSA) is 29.9 Å². The highest BCUT2D eigenvalue weighted by atomic mass is 79.9. The zero-order valence-electron chi connectivity index (χ0n) is 10.2. The molecule has 2 aromatic rings. The van der Waals surface area contributed by atoms with Gasteiger partial charge in [0.15, 0.2) is 0 Å². The van der Waals surface area contributed by atoms with Crippen molar-refractivity contribution < 1.29 is 0 Å². The van der Waals surface area contributed by atoms with Crippen LogP contribution in [0, 0.1) is 6.92 Å². The van der Waals surface area contributed by atoms with E-state index in [1.54, 1.807) is 6.20 Å². The highest BCUT2D eigenvalue weighted by Gasteiger charge is 2.06. The summed E-state index contributed by atoms with van der Waals surface area (Å²) in [5.41, 5.74) is 2.33. The van der Waals surface area contributed by atoms with E-state index in [4.69, 9.17) is 0 Å². The van der Waals surface area contributed by atoms with Crippen LogP contribution in [0.3, 0.4) is 0 Å². The molecule has 0 aliphatic rings. The van der Waals surface area contributed by atoms with Gasteiger partial charge in [0.2, 0.25) is 5.95 Å². The van der Waals surface area contributed by atoms with Crippen LogP contribution in [-0.2, 0) is 0 Å². The maximum absolute atomic E-state index is 4.33. The van der Waals surface area contributed by atoms with Crippen molar-refractivity contribution in [3.63, 3.8) is 0 Å². The van der Waals surface area contributed by atoms with Crippen molar-refractivity contribution in [1.82, 2.24) is 9.55 Å². The number of benzene rings is 1. The van der Waals surface area contributed by atoms with Crippen LogP contribution in [0.2, 0.25) is 0 Å². The van der Waals surface area contributed by atoms with Gasteiger partial charge in [-0.3, -0.25) is 4.57 Å². The SMILES string of the molecule is Cc1cc(Br)cc(-n2ccnc2NC(C)C)c1. The summed E-state index contributed by atoms with van der Waals surface area (Å²) in [6, 6.07) is 6.68. The molecule has 0 atom stereocenters. The third kappa shape index (κ3) is 2.88. The first kappa shape index (κ1) is 12.2. The van der Waals surface area contributed by atoms with Gasteiger partial charge in [-0.2, -0.15) is 0 Å². The average molecular weight is 294 g/mol. The Kier molecular flexibility index (Phi) is 3.52. The van der Waals surface area contributed by atoms with Crippen LogP contribution in [0.1, 0.15) is 19.4 Å². The normalized spacial score (nSPS) is 10.9. The Labute approximate surface area is 110 Å². The van der Waals surface area contributed by atoms with Crippen molar-refractivity contribution in [2.24, 2.45) is 0 Å². The summed E-state index contributed by atoms with van der Waals surface area (Å²) in [7, 11) is 0. The molecule has 0 amide bonds. The molecular weight excluding hydrogens is 278 g/mol. The van der Waals surface area contributed by atoms with Crippen molar-refractivity contribution >= 4 is 21.9 Å². The number of aromatic nitrogens is 2. The zero-order chi connectivity index (χ0) is 12.4. The molecule has 0 spiro atoms. The van der Waals surface area contributed by atoms with E-state index in [0.29, 0.717) is 6.04 Å². The molecule has 1 aromatic heterocycles. The summed E-state index contributed by atoms with van der Waals surface area (Å²) in [6.45, 7) is 6.29. The second-order valence-corrected chi connectivity index (χ2v) is 5.32. The molecule has 0 saturated heterocycles. The zero-order valence-corrected chi connectivity index (χ0v) is 11.8. The molecule has 0 aliphatic carbocycles. The quantitative estimate of drug-likeness (QED) is 0.934. The predicted molar refractivity (Wildman–Crippen MR) is 74.8 cm³/mol. The number of nitrogens with zero attached hydrogens (tertiary/aromatic N) is 2. The monoisotopic (exact) mass is 293 g/mol. The van der Waals surface area contributed by atoms with E-state index in [0.717, 1.165) is 16.1 Å². The number of rotatable bonds is 3. The van der Waals surface area contributed by atoms with E-state index in [1.807, 2.05) is 6.20 Å². The second kappa shape index (κ2) is 4.92. The number of imidazole rings is 1. The minimum atomic E-state index is 0.365. The molecule has 1 heterocycles. The first-order chi connectivity index (χ1) is 8.06. The number of halogens is 1. The summed E-state index contributed by atoms with van der Waals surface area (Å²) in [5, 5.41) is 3.33. The number of aryl methyl sites for hydroxylation is 1. The van der Waals surface area contributed by atoms with Gasteiger partial charge in [0, 0.05) is 28.6 Å². The van der Waals surface area contributed by atoms with Crippen molar-refractivity contribution in [3.8, 4) is 5.69 Å². The van der Waals surface area contributed by atoms with Gasteiger partial charge < -0.3 is 5.32 Å². The van der Waals surface area contributed by atoms with Crippen LogP contribution >= 0.6 is 15.9 Å². The van der Waals surface area contributed by atoms with Crippen LogP contribution in [0.15, 0.2) is 35.1 Å². The van der Waals surface area contributed by atoms with E-state index < -0.39 is 0 Å². The van der Waals surface area contributed by atoms with Gasteiger partial charge in [-0.15, -0.1) is 0 Å². The summed E-state index contributed by atoms with van der Waals surface area (Å²) in [4.78, 5) is 4.33. The molecule has 90 valence electrons. The smallest absolute Gasteiger partial charge is 0.207 e. The van der Waals surface area contributed by atoms with Crippen molar-refractivity contribution in [3.05, 3.63) is 40.6 Å². The van der Waals surface area contributed by atoms with E-state index in [-0.39, 0.29) is 0 Å². The van der Waals surface area contributed by atoms with Gasteiger partial charge in [0.25, 0.3) is 0 Å². The Morgan fingerprint density at radius 2 is 2.06 bits per heavy atom. The Bertz CT molecular complexity index is 497. The highest BCUT2D eigenvalue weighted by Crippen LogP contribution is 2.21. The third-order valence-electron chi connectivity index (χ3n) is 2.36. The molecule has 0 bridgehead atoms. The fourth-order valence-corrected chi connectivity index (χ4v) is 2.33. The maximum atomic E-state index is 4.33. The molecule has 0 aliphatic heterocycles. The summed E-state index contributed by atoms with van der Waals surface area (Å²) in [6.07, 6.45) is 3.77. The average Bonchev–Trinajstić information content (AvgIpc) is 2.63. The molecule has 0 radical (unpaired) electrons. The summed E-state index contributed by atoms with van der Waals surface area (Å²) >= 11 is 3.52. The van der Waals surface area contributed by atoms with Crippen LogP contribution in [0.25, 0.3) is 5.69 Å². The lowest BCUT2D eigenvalue weighted by Gasteiger charge is -2.13. The lowest BCUT2D eigenvalue weighted by molar-refractivity contribution is 0.864. The Hall–Kier alpha value is -1.29. The number of anilines is 1. The van der Waals surface area contributed by atoms with Crippen molar-refractivity contribution in [1.29, 1.82) is 0 Å². The maximum Gasteiger partial charge on any atom is 0.207 e. The molecule has 1 N–H and O–H groups in total. The van der Waals surface area contributed by atoms with E-state index in [9.17, 15) is 0 Å². The molecule has 0 unspecified atom stereocenters. The minimum absolute atomic E-state index is 0.365. The Balaban J connectivity index is 2.42. The molecule has 3 nitrogen and oxygen atoms in total. The van der Waals surface area contributed by atoms with Crippen LogP contribution < -0.4 is 5.32 Å². The van der Waals surface area contributed by atoms with E-state index >= 15 is 0 Å². The fraction of sp³-hybridized carbons (Fsp3) is 0.308. The van der Waals surface area contributed by atoms with Crippen molar-refractivity contribution in [2.45, 2.75) is 26.8 Å². The number of hydrogen-bond acceptors (Lipinski definition) is 2. The Morgan fingerprint density at radius 1 is 1.29 bits per heavy atom. The standard InChI is InChI=1S/C13H16BrN3/c1-9(2)16-13-15-4-5-17(13)12-7-10(3)6-11(14)8-12/h4-9H,1-3H3,(H,15,16). The molecule has 1 aromatic carbocycles. The first-order valence-corrected chi connectivity index (χ1v) is 6.43. The van der Waals surface area contributed by atoms with E-state index in [2.05, 4.69) is 69.8 Å². The Morgan fingerprint density at radius 3 is 2.71 bits per heavy atom. The van der Waals surface area contributed by atoms with Gasteiger partial charge in [0.1, 0.15) is 0 Å². The third-order valence-corrected chi connectivity index (χ3v) is 2.82. The van der Waals surface area contributed by atoms with E-state index in [1.165, 1.54) is 5.56 Å². The molecule has 4 heteroatoms. The molecule has 17 heavy (non-hydrogen) atoms. The van der Waals surface area contributed by atoms with Crippen LogP contribution in [-0.4, -0.2) is 15.6 Å². The summed E-state index contributed by atoms with van der Waals surface area (Å²) < 4.78 is 3.13. The number of hydrogen-bond donors (Lipinski definition) is 1.